The summed E-state index contributed by atoms with van der Waals surface area (Å²) in [6.07, 6.45) is 8.96. The molecule has 3 rings (SSSR count). The molecule has 0 amide bonds. The molecule has 1 saturated carbocycles. The van der Waals surface area contributed by atoms with E-state index in [1.165, 1.54) is 17.7 Å². The van der Waals surface area contributed by atoms with Crippen LogP contribution in [0.1, 0.15) is 49.1 Å². The predicted molar refractivity (Wildman–Crippen MR) is 101 cm³/mol. The average molecular weight is 369 g/mol. The summed E-state index contributed by atoms with van der Waals surface area (Å²) in [5, 5.41) is 8.77. The molecule has 0 atom stereocenters. The van der Waals surface area contributed by atoms with Crippen molar-refractivity contribution in [3.63, 3.8) is 0 Å². The van der Waals surface area contributed by atoms with Crippen LogP contribution in [-0.2, 0) is 0 Å². The Kier molecular flexibility index (Phi) is 6.34. The molecule has 0 N–H and O–H groups in total. The maximum atomic E-state index is 13.8. The van der Waals surface area contributed by atoms with E-state index in [0.717, 1.165) is 31.2 Å². The van der Waals surface area contributed by atoms with Crippen molar-refractivity contribution in [1.82, 2.24) is 0 Å². The van der Waals surface area contributed by atoms with Crippen molar-refractivity contribution in [2.24, 2.45) is 5.92 Å². The Morgan fingerprint density at radius 1 is 0.963 bits per heavy atom. The minimum atomic E-state index is -0.837. The third kappa shape index (κ3) is 4.60. The van der Waals surface area contributed by atoms with Crippen molar-refractivity contribution < 1.29 is 13.2 Å². The molecule has 27 heavy (non-hydrogen) atoms. The summed E-state index contributed by atoms with van der Waals surface area (Å²) < 4.78 is 39.8. The van der Waals surface area contributed by atoms with Gasteiger partial charge >= 0.3 is 0 Å². The minimum Gasteiger partial charge on any atom is -0.251 e. The molecule has 0 spiro atoms. The van der Waals surface area contributed by atoms with Gasteiger partial charge in [0.25, 0.3) is 0 Å². The lowest BCUT2D eigenvalue weighted by molar-refractivity contribution is 0.375. The van der Waals surface area contributed by atoms with Gasteiger partial charge in [-0.3, -0.25) is 4.39 Å². The minimum absolute atomic E-state index is 0.300. The Hall–Kier alpha value is -2.54. The van der Waals surface area contributed by atoms with Gasteiger partial charge in [0.15, 0.2) is 0 Å². The normalized spacial score (nSPS) is 19.9. The standard InChI is InChI=1S/C23H22F3N/c24-12-2-1-3-16-4-6-17(7-5-16)18-8-10-19(11-9-18)20-13-22(25)21(15-27)23(26)14-20/h1,3,8-11,13-14,16-17H,2,4-7,12H2/t16-,17-. The molecule has 0 heterocycles. The second kappa shape index (κ2) is 8.90. The van der Waals surface area contributed by atoms with E-state index in [1.54, 1.807) is 6.07 Å². The Morgan fingerprint density at radius 3 is 2.15 bits per heavy atom. The molecular weight excluding hydrogens is 347 g/mol. The number of alkyl halides is 1. The predicted octanol–water partition coefficient (Wildman–Crippen LogP) is 6.69. The van der Waals surface area contributed by atoms with Crippen molar-refractivity contribution in [3.8, 4) is 17.2 Å². The van der Waals surface area contributed by atoms with Crippen molar-refractivity contribution in [1.29, 1.82) is 5.26 Å². The first-order valence-electron chi connectivity index (χ1n) is 9.34. The van der Waals surface area contributed by atoms with E-state index in [4.69, 9.17) is 5.26 Å². The van der Waals surface area contributed by atoms with Gasteiger partial charge < -0.3 is 0 Å². The summed E-state index contributed by atoms with van der Waals surface area (Å²) in [4.78, 5) is 0. The zero-order valence-electron chi connectivity index (χ0n) is 15.1. The fourth-order valence-electron chi connectivity index (χ4n) is 3.79. The molecule has 2 aromatic carbocycles. The van der Waals surface area contributed by atoms with Crippen LogP contribution >= 0.6 is 0 Å². The van der Waals surface area contributed by atoms with E-state index in [-0.39, 0.29) is 6.67 Å². The summed E-state index contributed by atoms with van der Waals surface area (Å²) in [5.74, 6) is -0.651. The fourth-order valence-corrected chi connectivity index (χ4v) is 3.79. The monoisotopic (exact) mass is 369 g/mol. The molecule has 0 aliphatic heterocycles. The quantitative estimate of drug-likeness (QED) is 0.538. The molecule has 1 aliphatic carbocycles. The van der Waals surface area contributed by atoms with Crippen molar-refractivity contribution in [2.45, 2.75) is 38.0 Å². The van der Waals surface area contributed by atoms with Crippen LogP contribution in [0.2, 0.25) is 0 Å². The fraction of sp³-hybridized carbons (Fsp3) is 0.348. The lowest BCUT2D eigenvalue weighted by Crippen LogP contribution is -2.11. The third-order valence-electron chi connectivity index (χ3n) is 5.33. The maximum absolute atomic E-state index is 13.8. The summed E-state index contributed by atoms with van der Waals surface area (Å²) in [6.45, 7) is -0.300. The largest absolute Gasteiger partial charge is 0.251 e. The van der Waals surface area contributed by atoms with E-state index in [9.17, 15) is 13.2 Å². The first kappa shape index (κ1) is 19.2. The smallest absolute Gasteiger partial charge is 0.144 e. The van der Waals surface area contributed by atoms with E-state index < -0.39 is 17.2 Å². The van der Waals surface area contributed by atoms with Gasteiger partial charge in [-0.15, -0.1) is 0 Å². The highest BCUT2D eigenvalue weighted by Crippen LogP contribution is 2.37. The zero-order valence-corrected chi connectivity index (χ0v) is 15.1. The summed E-state index contributed by atoms with van der Waals surface area (Å²) >= 11 is 0. The first-order valence-corrected chi connectivity index (χ1v) is 9.34. The van der Waals surface area contributed by atoms with E-state index >= 15 is 0 Å². The Balaban J connectivity index is 1.67. The topological polar surface area (TPSA) is 23.8 Å². The van der Waals surface area contributed by atoms with Crippen molar-refractivity contribution >= 4 is 0 Å². The van der Waals surface area contributed by atoms with Crippen LogP contribution in [0, 0.1) is 28.9 Å². The average Bonchev–Trinajstić information content (AvgIpc) is 2.69. The van der Waals surface area contributed by atoms with Crippen LogP contribution in [0.3, 0.4) is 0 Å². The van der Waals surface area contributed by atoms with Crippen LogP contribution in [0.5, 0.6) is 0 Å². The summed E-state index contributed by atoms with van der Waals surface area (Å²) in [6, 6.07) is 11.7. The van der Waals surface area contributed by atoms with E-state index in [2.05, 4.69) is 6.08 Å². The molecule has 1 nitrogen and oxygen atoms in total. The zero-order chi connectivity index (χ0) is 19.2. The van der Waals surface area contributed by atoms with Crippen molar-refractivity contribution in [3.05, 3.63) is 71.3 Å². The summed E-state index contributed by atoms with van der Waals surface area (Å²) in [7, 11) is 0. The SMILES string of the molecule is N#Cc1c(F)cc(-c2ccc([C@H]3CC[C@H](C=CCCF)CC3)cc2)cc1F. The van der Waals surface area contributed by atoms with Gasteiger partial charge in [-0.05, 0) is 72.8 Å². The number of nitrogens with zero attached hydrogens (tertiary/aromatic N) is 1. The molecule has 0 unspecified atom stereocenters. The lowest BCUT2D eigenvalue weighted by Gasteiger charge is -2.27. The number of nitriles is 1. The van der Waals surface area contributed by atoms with Crippen LogP contribution in [0.4, 0.5) is 13.2 Å². The number of halogens is 3. The number of hydrogen-bond acceptors (Lipinski definition) is 1. The Bertz CT molecular complexity index is 818. The van der Waals surface area contributed by atoms with Gasteiger partial charge in [0.05, 0.1) is 6.67 Å². The molecule has 0 saturated heterocycles. The first-order chi connectivity index (χ1) is 13.1. The molecule has 140 valence electrons. The van der Waals surface area contributed by atoms with Crippen LogP contribution in [-0.4, -0.2) is 6.67 Å². The third-order valence-corrected chi connectivity index (χ3v) is 5.33. The Morgan fingerprint density at radius 2 is 1.59 bits per heavy atom. The maximum Gasteiger partial charge on any atom is 0.144 e. The van der Waals surface area contributed by atoms with Crippen LogP contribution in [0.25, 0.3) is 11.1 Å². The Labute approximate surface area is 158 Å². The van der Waals surface area contributed by atoms with Gasteiger partial charge in [-0.25, -0.2) is 8.78 Å². The highest BCUT2D eigenvalue weighted by molar-refractivity contribution is 5.65. The van der Waals surface area contributed by atoms with Gasteiger partial charge in [0, 0.05) is 0 Å². The van der Waals surface area contributed by atoms with E-state index in [1.807, 2.05) is 30.3 Å². The highest BCUT2D eigenvalue weighted by Gasteiger charge is 2.21. The molecule has 0 aromatic heterocycles. The van der Waals surface area contributed by atoms with Gasteiger partial charge in [0.1, 0.15) is 23.3 Å². The van der Waals surface area contributed by atoms with Gasteiger partial charge in [0.2, 0.25) is 0 Å². The van der Waals surface area contributed by atoms with Crippen LogP contribution < -0.4 is 0 Å². The van der Waals surface area contributed by atoms with E-state index in [0.29, 0.717) is 23.8 Å². The number of rotatable bonds is 5. The number of hydrogen-bond donors (Lipinski definition) is 0. The molecular formula is C23H22F3N. The molecule has 1 aliphatic rings. The molecule has 1 fully saturated rings. The highest BCUT2D eigenvalue weighted by atomic mass is 19.1. The van der Waals surface area contributed by atoms with Crippen LogP contribution in [0.15, 0.2) is 48.6 Å². The molecule has 0 radical (unpaired) electrons. The molecule has 4 heteroatoms. The second-order valence-electron chi connectivity index (χ2n) is 7.07. The lowest BCUT2D eigenvalue weighted by atomic mass is 9.78. The number of allylic oxidation sites excluding steroid dienone is 2. The van der Waals surface area contributed by atoms with Gasteiger partial charge in [-0.1, -0.05) is 36.4 Å². The molecule has 2 aromatic rings. The van der Waals surface area contributed by atoms with Gasteiger partial charge in [-0.2, -0.15) is 5.26 Å². The second-order valence-corrected chi connectivity index (χ2v) is 7.07. The molecule has 0 bridgehead atoms. The summed E-state index contributed by atoms with van der Waals surface area (Å²) in [5.41, 5.74) is 1.84. The van der Waals surface area contributed by atoms with Crippen molar-refractivity contribution in [2.75, 3.05) is 6.67 Å². The number of benzene rings is 2.